The lowest BCUT2D eigenvalue weighted by molar-refractivity contribution is 0.102. The second-order valence-corrected chi connectivity index (χ2v) is 4.26. The number of carbonyl (C=O) groups is 1. The number of nitrogens with one attached hydrogen (secondary N) is 2. The Labute approximate surface area is 117 Å². The minimum atomic E-state index is -0.243. The lowest BCUT2D eigenvalue weighted by Crippen LogP contribution is -2.15. The van der Waals surface area contributed by atoms with Gasteiger partial charge in [-0.25, -0.2) is 15.0 Å². The predicted molar refractivity (Wildman–Crippen MR) is 77.8 cm³/mol. The number of nitrogens with zero attached hydrogens (tertiary/aromatic N) is 3. The second-order valence-electron chi connectivity index (χ2n) is 4.26. The molecule has 0 radical (unpaired) electrons. The summed E-state index contributed by atoms with van der Waals surface area (Å²) >= 11 is 0. The molecule has 2 rings (SSSR count). The van der Waals surface area contributed by atoms with Gasteiger partial charge in [-0.15, -0.1) is 0 Å². The van der Waals surface area contributed by atoms with Crippen LogP contribution in [0.4, 0.5) is 11.8 Å². The number of anilines is 2. The van der Waals surface area contributed by atoms with Crippen LogP contribution in [0.1, 0.15) is 29.4 Å². The van der Waals surface area contributed by atoms with Gasteiger partial charge in [0.15, 0.2) is 0 Å². The van der Waals surface area contributed by atoms with Gasteiger partial charge >= 0.3 is 0 Å². The van der Waals surface area contributed by atoms with E-state index in [4.69, 9.17) is 0 Å². The summed E-state index contributed by atoms with van der Waals surface area (Å²) in [7, 11) is 1.78. The summed E-state index contributed by atoms with van der Waals surface area (Å²) in [6.45, 7) is 2.07. The Morgan fingerprint density at radius 2 is 2.00 bits per heavy atom. The zero-order valence-corrected chi connectivity index (χ0v) is 11.6. The van der Waals surface area contributed by atoms with Crippen molar-refractivity contribution in [3.63, 3.8) is 0 Å². The Kier molecular flexibility index (Phi) is 4.60. The summed E-state index contributed by atoms with van der Waals surface area (Å²) in [5, 5.41) is 5.62. The molecule has 2 N–H and O–H groups in total. The van der Waals surface area contributed by atoms with Crippen molar-refractivity contribution in [2.24, 2.45) is 0 Å². The maximum Gasteiger partial charge on any atom is 0.258 e. The largest absolute Gasteiger partial charge is 0.373 e. The number of amides is 1. The first kappa shape index (κ1) is 13.9. The maximum atomic E-state index is 12.2. The van der Waals surface area contributed by atoms with E-state index in [0.717, 1.165) is 18.5 Å². The third-order valence-electron chi connectivity index (χ3n) is 2.69. The molecule has 0 unspecified atom stereocenters. The molecule has 6 heteroatoms. The SMILES string of the molecule is CCCc1cc(C(=O)Nc2ncccn2)cc(NC)n1. The van der Waals surface area contributed by atoms with Gasteiger partial charge in [0.1, 0.15) is 5.82 Å². The van der Waals surface area contributed by atoms with Gasteiger partial charge in [-0.3, -0.25) is 10.1 Å². The molecule has 2 aromatic heterocycles. The molecule has 0 aromatic carbocycles. The van der Waals surface area contributed by atoms with E-state index in [1.165, 1.54) is 0 Å². The van der Waals surface area contributed by atoms with E-state index in [1.54, 1.807) is 37.6 Å². The molecule has 2 heterocycles. The maximum absolute atomic E-state index is 12.2. The second kappa shape index (κ2) is 6.60. The highest BCUT2D eigenvalue weighted by molar-refractivity contribution is 6.03. The molecule has 0 atom stereocenters. The van der Waals surface area contributed by atoms with E-state index in [2.05, 4.69) is 32.5 Å². The number of pyridine rings is 1. The van der Waals surface area contributed by atoms with Gasteiger partial charge in [0.05, 0.1) is 0 Å². The van der Waals surface area contributed by atoms with Gasteiger partial charge in [-0.1, -0.05) is 13.3 Å². The van der Waals surface area contributed by atoms with Crippen LogP contribution in [0.5, 0.6) is 0 Å². The first-order valence-corrected chi connectivity index (χ1v) is 6.50. The van der Waals surface area contributed by atoms with Crippen LogP contribution in [0, 0.1) is 0 Å². The Morgan fingerprint density at radius 3 is 2.65 bits per heavy atom. The Hall–Kier alpha value is -2.50. The van der Waals surface area contributed by atoms with Crippen molar-refractivity contribution in [3.05, 3.63) is 41.9 Å². The van der Waals surface area contributed by atoms with Gasteiger partial charge in [-0.05, 0) is 24.6 Å². The summed E-state index contributed by atoms with van der Waals surface area (Å²) in [6.07, 6.45) is 4.97. The van der Waals surface area contributed by atoms with Crippen molar-refractivity contribution in [3.8, 4) is 0 Å². The zero-order chi connectivity index (χ0) is 14.4. The molecule has 0 aliphatic heterocycles. The van der Waals surface area contributed by atoms with Crippen LogP contribution < -0.4 is 10.6 Å². The normalized spacial score (nSPS) is 10.1. The zero-order valence-electron chi connectivity index (χ0n) is 11.6. The highest BCUT2D eigenvalue weighted by atomic mass is 16.1. The highest BCUT2D eigenvalue weighted by Gasteiger charge is 2.10. The third-order valence-corrected chi connectivity index (χ3v) is 2.69. The number of aryl methyl sites for hydroxylation is 1. The van der Waals surface area contributed by atoms with Crippen LogP contribution in [-0.2, 0) is 6.42 Å². The number of hydrogen-bond acceptors (Lipinski definition) is 5. The van der Waals surface area contributed by atoms with Gasteiger partial charge in [0, 0.05) is 30.7 Å². The van der Waals surface area contributed by atoms with Crippen LogP contribution in [0.3, 0.4) is 0 Å². The minimum Gasteiger partial charge on any atom is -0.373 e. The summed E-state index contributed by atoms with van der Waals surface area (Å²) < 4.78 is 0. The van der Waals surface area contributed by atoms with Gasteiger partial charge < -0.3 is 5.32 Å². The van der Waals surface area contributed by atoms with E-state index < -0.39 is 0 Å². The Bertz CT molecular complexity index is 585. The average molecular weight is 271 g/mol. The number of hydrogen-bond donors (Lipinski definition) is 2. The monoisotopic (exact) mass is 271 g/mol. The lowest BCUT2D eigenvalue weighted by atomic mass is 10.1. The first-order chi connectivity index (χ1) is 9.72. The molecule has 104 valence electrons. The molecular weight excluding hydrogens is 254 g/mol. The van der Waals surface area contributed by atoms with Crippen molar-refractivity contribution >= 4 is 17.7 Å². The summed E-state index contributed by atoms with van der Waals surface area (Å²) in [5.74, 6) is 0.722. The summed E-state index contributed by atoms with van der Waals surface area (Å²) in [5.41, 5.74) is 1.43. The molecule has 0 saturated carbocycles. The molecule has 0 aliphatic carbocycles. The van der Waals surface area contributed by atoms with Crippen molar-refractivity contribution < 1.29 is 4.79 Å². The molecular formula is C14H17N5O. The van der Waals surface area contributed by atoms with Crippen LogP contribution >= 0.6 is 0 Å². The number of aromatic nitrogens is 3. The van der Waals surface area contributed by atoms with E-state index >= 15 is 0 Å². The van der Waals surface area contributed by atoms with Crippen LogP contribution in [0.2, 0.25) is 0 Å². The molecule has 2 aromatic rings. The van der Waals surface area contributed by atoms with E-state index in [0.29, 0.717) is 11.4 Å². The van der Waals surface area contributed by atoms with Crippen molar-refractivity contribution in [1.29, 1.82) is 0 Å². The molecule has 6 nitrogen and oxygen atoms in total. The minimum absolute atomic E-state index is 0.243. The van der Waals surface area contributed by atoms with E-state index in [1.807, 2.05) is 0 Å². The van der Waals surface area contributed by atoms with Gasteiger partial charge in [0.2, 0.25) is 5.95 Å². The Balaban J connectivity index is 2.22. The summed E-state index contributed by atoms with van der Waals surface area (Å²) in [6, 6.07) is 5.20. The van der Waals surface area contributed by atoms with Gasteiger partial charge in [0.25, 0.3) is 5.91 Å². The number of rotatable bonds is 5. The Morgan fingerprint density at radius 1 is 1.25 bits per heavy atom. The van der Waals surface area contributed by atoms with Crippen LogP contribution in [0.15, 0.2) is 30.6 Å². The fourth-order valence-corrected chi connectivity index (χ4v) is 1.77. The molecule has 0 fully saturated rings. The molecule has 0 aliphatic rings. The lowest BCUT2D eigenvalue weighted by Gasteiger charge is -2.08. The number of carbonyl (C=O) groups excluding carboxylic acids is 1. The molecule has 1 amide bonds. The van der Waals surface area contributed by atoms with Crippen molar-refractivity contribution in [1.82, 2.24) is 15.0 Å². The highest BCUT2D eigenvalue weighted by Crippen LogP contribution is 2.13. The fourth-order valence-electron chi connectivity index (χ4n) is 1.77. The third kappa shape index (κ3) is 3.50. The van der Waals surface area contributed by atoms with Crippen LogP contribution in [0.25, 0.3) is 0 Å². The molecule has 0 spiro atoms. The molecule has 0 bridgehead atoms. The van der Waals surface area contributed by atoms with Crippen molar-refractivity contribution in [2.45, 2.75) is 19.8 Å². The quantitative estimate of drug-likeness (QED) is 0.870. The van der Waals surface area contributed by atoms with Gasteiger partial charge in [-0.2, -0.15) is 0 Å². The molecule has 20 heavy (non-hydrogen) atoms. The molecule has 0 saturated heterocycles. The standard InChI is InChI=1S/C14H17N5O/c1-3-5-11-8-10(9-12(15-2)18-11)13(20)19-14-16-6-4-7-17-14/h4,6-9H,3,5H2,1-2H3,(H,15,18)(H,16,17,19,20). The first-order valence-electron chi connectivity index (χ1n) is 6.50. The predicted octanol–water partition coefficient (Wildman–Crippen LogP) is 2.12. The summed E-state index contributed by atoms with van der Waals surface area (Å²) in [4.78, 5) is 24.5. The topological polar surface area (TPSA) is 79.8 Å². The van der Waals surface area contributed by atoms with E-state index in [9.17, 15) is 4.79 Å². The average Bonchev–Trinajstić information content (AvgIpc) is 2.48. The van der Waals surface area contributed by atoms with Crippen molar-refractivity contribution in [2.75, 3.05) is 17.7 Å². The smallest absolute Gasteiger partial charge is 0.258 e. The fraction of sp³-hybridized carbons (Fsp3) is 0.286. The van der Waals surface area contributed by atoms with Crippen LogP contribution in [-0.4, -0.2) is 27.9 Å². The van der Waals surface area contributed by atoms with E-state index in [-0.39, 0.29) is 11.9 Å².